The Labute approximate surface area is 69.2 Å². The Kier molecular flexibility index (Phi) is 2.63. The number of carbonyl (C=O) groups is 2. The SMILES string of the molecule is O=C(O)C(=O)CCc1cc[nH]c1. The average Bonchev–Trinajstić information content (AvgIpc) is 2.51. The fourth-order valence-corrected chi connectivity index (χ4v) is 0.879. The van der Waals surface area contributed by atoms with Gasteiger partial charge in [0.2, 0.25) is 5.78 Å². The number of ketones is 1. The smallest absolute Gasteiger partial charge is 0.372 e. The molecule has 1 aromatic heterocycles. The molecule has 0 spiro atoms. The molecule has 0 amide bonds. The van der Waals surface area contributed by atoms with Crippen LogP contribution in [0.1, 0.15) is 12.0 Å². The number of rotatable bonds is 4. The molecule has 64 valence electrons. The van der Waals surface area contributed by atoms with Gasteiger partial charge >= 0.3 is 5.97 Å². The van der Waals surface area contributed by atoms with Gasteiger partial charge in [-0.2, -0.15) is 0 Å². The fourth-order valence-electron chi connectivity index (χ4n) is 0.879. The van der Waals surface area contributed by atoms with Crippen LogP contribution in [0.3, 0.4) is 0 Å². The van der Waals surface area contributed by atoms with E-state index < -0.39 is 11.8 Å². The highest BCUT2D eigenvalue weighted by atomic mass is 16.4. The molecule has 12 heavy (non-hydrogen) atoms. The number of aliphatic carboxylic acids is 1. The minimum absolute atomic E-state index is 0.0627. The Hall–Kier alpha value is -1.58. The second kappa shape index (κ2) is 3.71. The zero-order valence-corrected chi connectivity index (χ0v) is 6.41. The Morgan fingerprint density at radius 3 is 2.75 bits per heavy atom. The maximum atomic E-state index is 10.6. The highest BCUT2D eigenvalue weighted by molar-refractivity contribution is 6.32. The first kappa shape index (κ1) is 8.52. The lowest BCUT2D eigenvalue weighted by atomic mass is 10.1. The Morgan fingerprint density at radius 2 is 2.25 bits per heavy atom. The highest BCUT2D eigenvalue weighted by Crippen LogP contribution is 2.01. The molecule has 0 aliphatic heterocycles. The van der Waals surface area contributed by atoms with E-state index in [0.29, 0.717) is 6.42 Å². The number of Topliss-reactive ketones (excluding diaryl/α,β-unsaturated/α-hetero) is 1. The lowest BCUT2D eigenvalue weighted by molar-refractivity contribution is -0.149. The van der Waals surface area contributed by atoms with Gasteiger partial charge in [0.1, 0.15) is 0 Å². The topological polar surface area (TPSA) is 70.2 Å². The summed E-state index contributed by atoms with van der Waals surface area (Å²) < 4.78 is 0. The molecule has 1 rings (SSSR count). The van der Waals surface area contributed by atoms with Gasteiger partial charge in [0.05, 0.1) is 0 Å². The summed E-state index contributed by atoms with van der Waals surface area (Å²) in [7, 11) is 0. The number of aryl methyl sites for hydroxylation is 1. The molecule has 1 heterocycles. The molecule has 0 bridgehead atoms. The quantitative estimate of drug-likeness (QED) is 0.645. The Bertz CT molecular complexity index is 277. The summed E-state index contributed by atoms with van der Waals surface area (Å²) in [6, 6.07) is 1.81. The number of aromatic nitrogens is 1. The molecular formula is C8H9NO3. The largest absolute Gasteiger partial charge is 0.476 e. The summed E-state index contributed by atoms with van der Waals surface area (Å²) in [5, 5.41) is 8.25. The van der Waals surface area contributed by atoms with Gasteiger partial charge in [-0.1, -0.05) is 0 Å². The highest BCUT2D eigenvalue weighted by Gasteiger charge is 2.10. The number of H-pyrrole nitrogens is 1. The van der Waals surface area contributed by atoms with Crippen molar-refractivity contribution in [1.82, 2.24) is 4.98 Å². The Morgan fingerprint density at radius 1 is 1.50 bits per heavy atom. The van der Waals surface area contributed by atoms with E-state index in [9.17, 15) is 9.59 Å². The zero-order valence-electron chi connectivity index (χ0n) is 6.41. The fraction of sp³-hybridized carbons (Fsp3) is 0.250. The number of carbonyl (C=O) groups excluding carboxylic acids is 1. The van der Waals surface area contributed by atoms with Crippen molar-refractivity contribution in [2.45, 2.75) is 12.8 Å². The Balaban J connectivity index is 2.37. The summed E-state index contributed by atoms with van der Waals surface area (Å²) in [6.07, 6.45) is 4.03. The van der Waals surface area contributed by atoms with Crippen LogP contribution in [-0.2, 0) is 16.0 Å². The second-order valence-corrected chi connectivity index (χ2v) is 2.45. The van der Waals surface area contributed by atoms with Crippen LogP contribution in [0.5, 0.6) is 0 Å². The standard InChI is InChI=1S/C8H9NO3/c10-7(8(11)12)2-1-6-3-4-9-5-6/h3-5,9H,1-2H2,(H,11,12). The third-order valence-corrected chi connectivity index (χ3v) is 1.54. The van der Waals surface area contributed by atoms with Crippen molar-refractivity contribution in [1.29, 1.82) is 0 Å². The van der Waals surface area contributed by atoms with Crippen LogP contribution in [0, 0.1) is 0 Å². The average molecular weight is 167 g/mol. The minimum Gasteiger partial charge on any atom is -0.476 e. The number of hydrogen-bond acceptors (Lipinski definition) is 2. The van der Waals surface area contributed by atoms with Crippen molar-refractivity contribution in [3.63, 3.8) is 0 Å². The van der Waals surface area contributed by atoms with Gasteiger partial charge in [-0.25, -0.2) is 4.79 Å². The van der Waals surface area contributed by atoms with Crippen molar-refractivity contribution < 1.29 is 14.7 Å². The van der Waals surface area contributed by atoms with Crippen LogP contribution in [0.4, 0.5) is 0 Å². The van der Waals surface area contributed by atoms with Gasteiger partial charge in [-0.15, -0.1) is 0 Å². The van der Waals surface area contributed by atoms with Crippen LogP contribution in [0.25, 0.3) is 0 Å². The molecule has 0 aromatic carbocycles. The van der Waals surface area contributed by atoms with Crippen LogP contribution in [0.2, 0.25) is 0 Å². The lowest BCUT2D eigenvalue weighted by Gasteiger charge is -1.92. The van der Waals surface area contributed by atoms with Crippen molar-refractivity contribution in [2.75, 3.05) is 0 Å². The first-order valence-corrected chi connectivity index (χ1v) is 3.58. The van der Waals surface area contributed by atoms with Gasteiger partial charge in [-0.3, -0.25) is 4.79 Å². The first-order valence-electron chi connectivity index (χ1n) is 3.58. The van der Waals surface area contributed by atoms with Crippen LogP contribution >= 0.6 is 0 Å². The molecule has 0 atom stereocenters. The molecule has 0 fully saturated rings. The number of nitrogens with one attached hydrogen (secondary N) is 1. The third kappa shape index (κ3) is 2.23. The minimum atomic E-state index is -1.36. The van der Waals surface area contributed by atoms with E-state index in [1.807, 2.05) is 6.07 Å². The summed E-state index contributed by atoms with van der Waals surface area (Å²) in [5.41, 5.74) is 0.949. The molecule has 0 radical (unpaired) electrons. The number of aromatic amines is 1. The molecule has 0 unspecified atom stereocenters. The van der Waals surface area contributed by atoms with Crippen LogP contribution in [-0.4, -0.2) is 21.8 Å². The molecule has 4 nitrogen and oxygen atoms in total. The molecule has 2 N–H and O–H groups in total. The van der Waals surface area contributed by atoms with Crippen molar-refractivity contribution in [3.8, 4) is 0 Å². The molecule has 0 saturated heterocycles. The molecule has 4 heteroatoms. The van der Waals surface area contributed by atoms with E-state index in [2.05, 4.69) is 4.98 Å². The van der Waals surface area contributed by atoms with E-state index in [1.54, 1.807) is 12.4 Å². The van der Waals surface area contributed by atoms with E-state index in [0.717, 1.165) is 5.56 Å². The van der Waals surface area contributed by atoms with Gasteiger partial charge < -0.3 is 10.1 Å². The number of hydrogen-bond donors (Lipinski definition) is 2. The van der Waals surface area contributed by atoms with E-state index in [-0.39, 0.29) is 6.42 Å². The van der Waals surface area contributed by atoms with Crippen molar-refractivity contribution in [2.24, 2.45) is 0 Å². The predicted octanol–water partition coefficient (Wildman–Crippen LogP) is 0.601. The molecule has 0 saturated carbocycles. The first-order chi connectivity index (χ1) is 5.70. The molecular weight excluding hydrogens is 158 g/mol. The van der Waals surface area contributed by atoms with Gasteiger partial charge in [0.15, 0.2) is 0 Å². The van der Waals surface area contributed by atoms with Crippen molar-refractivity contribution >= 4 is 11.8 Å². The zero-order chi connectivity index (χ0) is 8.97. The molecule has 1 aromatic rings. The maximum absolute atomic E-state index is 10.6. The number of carboxylic acids is 1. The summed E-state index contributed by atoms with van der Waals surface area (Å²) in [5.74, 6) is -2.10. The van der Waals surface area contributed by atoms with Crippen LogP contribution < -0.4 is 0 Å². The normalized spacial score (nSPS) is 9.67. The molecule has 0 aliphatic rings. The monoisotopic (exact) mass is 167 g/mol. The molecule has 0 aliphatic carbocycles. The summed E-state index contributed by atoms with van der Waals surface area (Å²) in [4.78, 5) is 23.6. The predicted molar refractivity (Wildman–Crippen MR) is 41.8 cm³/mol. The van der Waals surface area contributed by atoms with Gasteiger partial charge in [-0.05, 0) is 18.1 Å². The van der Waals surface area contributed by atoms with E-state index >= 15 is 0 Å². The van der Waals surface area contributed by atoms with Crippen molar-refractivity contribution in [3.05, 3.63) is 24.0 Å². The lowest BCUT2D eigenvalue weighted by Crippen LogP contribution is -2.12. The summed E-state index contributed by atoms with van der Waals surface area (Å²) in [6.45, 7) is 0. The van der Waals surface area contributed by atoms with E-state index in [4.69, 9.17) is 5.11 Å². The number of carboxylic acid groups (broad SMARTS) is 1. The van der Waals surface area contributed by atoms with Gasteiger partial charge in [0, 0.05) is 18.8 Å². The third-order valence-electron chi connectivity index (χ3n) is 1.54. The van der Waals surface area contributed by atoms with E-state index in [1.165, 1.54) is 0 Å². The second-order valence-electron chi connectivity index (χ2n) is 2.45. The maximum Gasteiger partial charge on any atom is 0.372 e. The van der Waals surface area contributed by atoms with Gasteiger partial charge in [0.25, 0.3) is 0 Å². The summed E-state index contributed by atoms with van der Waals surface area (Å²) >= 11 is 0. The van der Waals surface area contributed by atoms with Crippen LogP contribution in [0.15, 0.2) is 18.5 Å².